The topological polar surface area (TPSA) is 320 Å². The Balaban J connectivity index is 0.000000250. The first-order chi connectivity index (χ1) is 21.5. The van der Waals surface area contributed by atoms with Crippen molar-refractivity contribution in [3.63, 3.8) is 0 Å². The SMILES string of the molecule is C[C@H]1O[C@H](CCC2O[C@H](CO)[C@@H](O)[C@H](O)[C@H]2O)[C@@H](O)[C@H](O)[C@H]1O.C[C@H]1O[C@H](CCC2O[C@H](CO)[C@@H](O)[C@H](O)[C@H]2O)[C@@H](O)[C@H](O)[C@H]1O. The number of rotatable bonds is 8. The summed E-state index contributed by atoms with van der Waals surface area (Å²) in [6.45, 7) is 2.12. The summed E-state index contributed by atoms with van der Waals surface area (Å²) >= 11 is 0. The van der Waals surface area contributed by atoms with E-state index >= 15 is 0 Å². The van der Waals surface area contributed by atoms with E-state index < -0.39 is 135 Å². The van der Waals surface area contributed by atoms with Crippen molar-refractivity contribution in [1.29, 1.82) is 0 Å². The second-order valence-electron chi connectivity index (χ2n) is 12.6. The van der Waals surface area contributed by atoms with Gasteiger partial charge >= 0.3 is 0 Å². The molecule has 0 aromatic heterocycles. The Labute approximate surface area is 265 Å². The van der Waals surface area contributed by atoms with Crippen LogP contribution >= 0.6 is 0 Å². The van der Waals surface area contributed by atoms with Crippen LogP contribution in [0, 0.1) is 0 Å². The van der Waals surface area contributed by atoms with Crippen LogP contribution in [0.15, 0.2) is 0 Å². The van der Waals surface area contributed by atoms with E-state index in [1.807, 2.05) is 0 Å². The molecule has 18 nitrogen and oxygen atoms in total. The molecule has 4 saturated heterocycles. The smallest absolute Gasteiger partial charge is 0.111 e. The largest absolute Gasteiger partial charge is 0.394 e. The molecule has 0 bridgehead atoms. The fraction of sp³-hybridized carbons (Fsp3) is 1.00. The highest BCUT2D eigenvalue weighted by atomic mass is 16.6. The lowest BCUT2D eigenvalue weighted by Gasteiger charge is -2.42. The minimum absolute atomic E-state index is 0.165. The van der Waals surface area contributed by atoms with Crippen molar-refractivity contribution in [2.45, 2.75) is 162 Å². The number of aliphatic hydroxyl groups is 14. The minimum Gasteiger partial charge on any atom is -0.394 e. The van der Waals surface area contributed by atoms with Crippen LogP contribution in [0.5, 0.6) is 0 Å². The second kappa shape index (κ2) is 17.3. The van der Waals surface area contributed by atoms with Gasteiger partial charge in [0.05, 0.1) is 49.8 Å². The van der Waals surface area contributed by atoms with Crippen LogP contribution in [0.25, 0.3) is 0 Å². The molecule has 0 aliphatic carbocycles. The molecule has 4 aliphatic rings. The molecule has 20 atom stereocenters. The highest BCUT2D eigenvalue weighted by molar-refractivity contribution is 4.96. The van der Waals surface area contributed by atoms with Gasteiger partial charge in [0, 0.05) is 0 Å². The van der Waals surface area contributed by atoms with Gasteiger partial charge in [-0.15, -0.1) is 0 Å². The first-order valence-electron chi connectivity index (χ1n) is 15.6. The van der Waals surface area contributed by atoms with E-state index in [-0.39, 0.29) is 25.7 Å². The van der Waals surface area contributed by atoms with Crippen LogP contribution in [0.2, 0.25) is 0 Å². The molecule has 0 spiro atoms. The highest BCUT2D eigenvalue weighted by Gasteiger charge is 2.47. The first kappa shape index (κ1) is 39.7. The predicted octanol–water partition coefficient (Wildman–Crippen LogP) is -7.04. The summed E-state index contributed by atoms with van der Waals surface area (Å²) in [4.78, 5) is 0. The van der Waals surface area contributed by atoms with E-state index in [1.165, 1.54) is 0 Å². The lowest BCUT2D eigenvalue weighted by molar-refractivity contribution is -0.240. The molecule has 0 radical (unpaired) electrons. The summed E-state index contributed by atoms with van der Waals surface area (Å²) in [5.74, 6) is 0. The molecular weight excluding hydrogens is 624 g/mol. The summed E-state index contributed by atoms with van der Waals surface area (Å²) in [5, 5.41) is 136. The number of ether oxygens (including phenoxy) is 4. The molecule has 0 amide bonds. The average molecular weight is 677 g/mol. The zero-order valence-electron chi connectivity index (χ0n) is 25.7. The second-order valence-corrected chi connectivity index (χ2v) is 12.6. The van der Waals surface area contributed by atoms with Crippen LogP contribution in [-0.2, 0) is 18.9 Å². The predicted molar refractivity (Wildman–Crippen MR) is 151 cm³/mol. The van der Waals surface area contributed by atoms with Gasteiger partial charge in [-0.1, -0.05) is 0 Å². The maximum Gasteiger partial charge on any atom is 0.111 e. The van der Waals surface area contributed by atoms with Crippen molar-refractivity contribution >= 4 is 0 Å². The van der Waals surface area contributed by atoms with E-state index in [2.05, 4.69) is 0 Å². The maximum absolute atomic E-state index is 9.95. The zero-order valence-corrected chi connectivity index (χ0v) is 25.7. The fourth-order valence-electron chi connectivity index (χ4n) is 6.24. The molecule has 2 unspecified atom stereocenters. The van der Waals surface area contributed by atoms with Crippen molar-refractivity contribution < 1.29 is 90.4 Å². The van der Waals surface area contributed by atoms with Gasteiger partial charge in [-0.05, 0) is 39.5 Å². The van der Waals surface area contributed by atoms with Crippen molar-refractivity contribution in [1.82, 2.24) is 0 Å². The van der Waals surface area contributed by atoms with Gasteiger partial charge < -0.3 is 90.4 Å². The third kappa shape index (κ3) is 8.89. The molecule has 0 saturated carbocycles. The van der Waals surface area contributed by atoms with Crippen LogP contribution in [0.4, 0.5) is 0 Å². The summed E-state index contributed by atoms with van der Waals surface area (Å²) in [6.07, 6.45) is -21.9. The molecule has 46 heavy (non-hydrogen) atoms. The molecule has 4 aliphatic heterocycles. The summed E-state index contributed by atoms with van der Waals surface area (Å²) in [6, 6.07) is 0. The zero-order chi connectivity index (χ0) is 34.6. The van der Waals surface area contributed by atoms with Gasteiger partial charge in [0.2, 0.25) is 0 Å². The van der Waals surface area contributed by atoms with Crippen molar-refractivity contribution in [3.05, 3.63) is 0 Å². The Morgan fingerprint density at radius 3 is 0.783 bits per heavy atom. The Kier molecular flexibility index (Phi) is 14.9. The van der Waals surface area contributed by atoms with Gasteiger partial charge in [-0.2, -0.15) is 0 Å². The Hall–Kier alpha value is -0.720. The normalized spacial score (nSPS) is 51.7. The van der Waals surface area contributed by atoms with Crippen molar-refractivity contribution in [3.8, 4) is 0 Å². The van der Waals surface area contributed by atoms with Crippen molar-refractivity contribution in [2.24, 2.45) is 0 Å². The van der Waals surface area contributed by atoms with E-state index in [0.29, 0.717) is 0 Å². The number of hydrogen-bond donors (Lipinski definition) is 14. The standard InChI is InChI=1S/2C14H26O9/c2*1-5-9(16)13(20)10(17)6(22-5)2-3-7-11(18)14(21)12(19)8(4-15)23-7/h2*5-21H,2-4H2,1H3/t2*5-,6-,7?,8-,9+,10-,11+,12-,13-,14-/m11/s1. The lowest BCUT2D eigenvalue weighted by atomic mass is 9.89. The van der Waals surface area contributed by atoms with Crippen LogP contribution in [-0.4, -0.2) is 207 Å². The van der Waals surface area contributed by atoms with Gasteiger partial charge in [-0.25, -0.2) is 0 Å². The molecule has 272 valence electrons. The third-order valence-electron chi connectivity index (χ3n) is 9.36. The molecule has 18 heteroatoms. The average Bonchev–Trinajstić information content (AvgIpc) is 3.04. The van der Waals surface area contributed by atoms with E-state index in [4.69, 9.17) is 29.2 Å². The fourth-order valence-corrected chi connectivity index (χ4v) is 6.24. The quantitative estimate of drug-likeness (QED) is 0.114. The van der Waals surface area contributed by atoms with Gasteiger partial charge in [0.1, 0.15) is 85.5 Å². The van der Waals surface area contributed by atoms with Gasteiger partial charge in [-0.3, -0.25) is 0 Å². The summed E-state index contributed by atoms with van der Waals surface area (Å²) in [5.41, 5.74) is 0. The van der Waals surface area contributed by atoms with Crippen LogP contribution in [0.1, 0.15) is 39.5 Å². The van der Waals surface area contributed by atoms with Crippen molar-refractivity contribution in [2.75, 3.05) is 13.2 Å². The van der Waals surface area contributed by atoms with E-state index in [9.17, 15) is 61.3 Å². The molecular formula is C28H52O18. The Morgan fingerprint density at radius 1 is 0.304 bits per heavy atom. The first-order valence-corrected chi connectivity index (χ1v) is 15.6. The number of hydrogen-bond acceptors (Lipinski definition) is 18. The Morgan fingerprint density at radius 2 is 0.522 bits per heavy atom. The van der Waals surface area contributed by atoms with Crippen LogP contribution in [0.3, 0.4) is 0 Å². The summed E-state index contributed by atoms with van der Waals surface area (Å²) in [7, 11) is 0. The van der Waals surface area contributed by atoms with Crippen LogP contribution < -0.4 is 0 Å². The van der Waals surface area contributed by atoms with E-state index in [0.717, 1.165) is 0 Å². The minimum atomic E-state index is -1.45. The lowest BCUT2D eigenvalue weighted by Crippen LogP contribution is -2.59. The molecule has 0 aromatic carbocycles. The number of aliphatic hydroxyl groups excluding tert-OH is 14. The molecule has 0 aromatic rings. The maximum atomic E-state index is 9.95. The van der Waals surface area contributed by atoms with E-state index in [1.54, 1.807) is 13.8 Å². The highest BCUT2D eigenvalue weighted by Crippen LogP contribution is 2.30. The third-order valence-corrected chi connectivity index (χ3v) is 9.36. The molecule has 4 heterocycles. The summed E-state index contributed by atoms with van der Waals surface area (Å²) < 4.78 is 21.6. The molecule has 4 rings (SSSR count). The molecule has 14 N–H and O–H groups in total. The van der Waals surface area contributed by atoms with Gasteiger partial charge in [0.15, 0.2) is 0 Å². The Bertz CT molecular complexity index is 829. The van der Waals surface area contributed by atoms with Gasteiger partial charge in [0.25, 0.3) is 0 Å². The molecule has 4 fully saturated rings. The monoisotopic (exact) mass is 676 g/mol.